The molecule has 0 aliphatic heterocycles. The first-order valence-electron chi connectivity index (χ1n) is 7.72. The summed E-state index contributed by atoms with van der Waals surface area (Å²) < 4.78 is 0. The second kappa shape index (κ2) is 8.08. The van der Waals surface area contributed by atoms with Gasteiger partial charge in [0.15, 0.2) is 0 Å². The van der Waals surface area contributed by atoms with Gasteiger partial charge in [-0.3, -0.25) is 9.59 Å². The number of rotatable bonds is 6. The van der Waals surface area contributed by atoms with Gasteiger partial charge in [-0.15, -0.1) is 0 Å². The number of nitrogens with one attached hydrogen (secondary N) is 1. The molecule has 2 rings (SSSR count). The fraction of sp³-hybridized carbons (Fsp3) is 0.278. The highest BCUT2D eigenvalue weighted by molar-refractivity contribution is 6.05. The van der Waals surface area contributed by atoms with Crippen LogP contribution in [0.3, 0.4) is 0 Å². The van der Waals surface area contributed by atoms with Crippen molar-refractivity contribution in [3.63, 3.8) is 0 Å². The largest absolute Gasteiger partial charge is 0.351 e. The van der Waals surface area contributed by atoms with E-state index in [0.717, 1.165) is 18.5 Å². The number of hydrogen-bond acceptors (Lipinski definition) is 3. The first-order chi connectivity index (χ1) is 11.1. The Balaban J connectivity index is 2.12. The first kappa shape index (κ1) is 16.7. The van der Waals surface area contributed by atoms with Crippen LogP contribution in [0.15, 0.2) is 48.5 Å². The Morgan fingerprint density at radius 1 is 1.04 bits per heavy atom. The van der Waals surface area contributed by atoms with E-state index in [1.54, 1.807) is 25.2 Å². The second-order valence-corrected chi connectivity index (χ2v) is 5.22. The van der Waals surface area contributed by atoms with Crippen LogP contribution in [0.2, 0.25) is 0 Å². The summed E-state index contributed by atoms with van der Waals surface area (Å²) in [5.41, 5.74) is 1.28. The molecule has 2 amide bonds. The van der Waals surface area contributed by atoms with E-state index in [0.29, 0.717) is 6.54 Å². The van der Waals surface area contributed by atoms with Crippen molar-refractivity contribution in [3.8, 4) is 0 Å². The summed E-state index contributed by atoms with van der Waals surface area (Å²) in [6.45, 7) is 2.67. The average molecular weight is 311 g/mol. The molecule has 0 saturated carbocycles. The number of para-hydroxylation sites is 1. The van der Waals surface area contributed by atoms with Crippen molar-refractivity contribution >= 4 is 17.5 Å². The highest BCUT2D eigenvalue weighted by Gasteiger charge is 2.16. The summed E-state index contributed by atoms with van der Waals surface area (Å²) in [5.74, 6) is -0.505. The molecule has 1 aromatic heterocycles. The number of hydrogen-bond donors (Lipinski definition) is 1. The van der Waals surface area contributed by atoms with Crippen LogP contribution in [0.25, 0.3) is 0 Å². The molecule has 5 heteroatoms. The molecule has 23 heavy (non-hydrogen) atoms. The van der Waals surface area contributed by atoms with E-state index in [1.807, 2.05) is 30.3 Å². The van der Waals surface area contributed by atoms with Gasteiger partial charge in [0.05, 0.1) is 0 Å². The lowest BCUT2D eigenvalue weighted by atomic mass is 10.2. The number of carbonyl (C=O) groups excluding carboxylic acids is 2. The Morgan fingerprint density at radius 3 is 2.43 bits per heavy atom. The standard InChI is InChI=1S/C18H21N3O2/c1-3-4-13-19-17(22)15-11-8-12-16(20-15)18(23)21(2)14-9-6-5-7-10-14/h5-12H,3-4,13H2,1-2H3,(H,19,22). The molecule has 0 fully saturated rings. The van der Waals surface area contributed by atoms with Gasteiger partial charge in [0.1, 0.15) is 11.4 Å². The van der Waals surface area contributed by atoms with E-state index in [-0.39, 0.29) is 23.2 Å². The first-order valence-corrected chi connectivity index (χ1v) is 7.72. The third kappa shape index (κ3) is 4.39. The fourth-order valence-electron chi connectivity index (χ4n) is 2.09. The minimum absolute atomic E-state index is 0.250. The van der Waals surface area contributed by atoms with Gasteiger partial charge in [0.2, 0.25) is 0 Å². The molecule has 0 spiro atoms. The van der Waals surface area contributed by atoms with E-state index in [1.165, 1.54) is 4.90 Å². The molecule has 0 atom stereocenters. The molecule has 1 heterocycles. The van der Waals surface area contributed by atoms with E-state index in [2.05, 4.69) is 17.2 Å². The van der Waals surface area contributed by atoms with Gasteiger partial charge < -0.3 is 10.2 Å². The van der Waals surface area contributed by atoms with Crippen LogP contribution >= 0.6 is 0 Å². The maximum absolute atomic E-state index is 12.5. The lowest BCUT2D eigenvalue weighted by Gasteiger charge is -2.17. The van der Waals surface area contributed by atoms with Crippen LogP contribution in [0.5, 0.6) is 0 Å². The molecular formula is C18H21N3O2. The average Bonchev–Trinajstić information content (AvgIpc) is 2.61. The zero-order chi connectivity index (χ0) is 16.7. The van der Waals surface area contributed by atoms with Gasteiger partial charge >= 0.3 is 0 Å². The highest BCUT2D eigenvalue weighted by Crippen LogP contribution is 2.14. The zero-order valence-electron chi connectivity index (χ0n) is 13.5. The maximum Gasteiger partial charge on any atom is 0.276 e. The monoisotopic (exact) mass is 311 g/mol. The molecule has 1 N–H and O–H groups in total. The molecule has 0 unspecified atom stereocenters. The van der Waals surface area contributed by atoms with Crippen LogP contribution in [-0.4, -0.2) is 30.4 Å². The van der Waals surface area contributed by atoms with Gasteiger partial charge in [-0.2, -0.15) is 0 Å². The number of benzene rings is 1. The third-order valence-electron chi connectivity index (χ3n) is 3.46. The van der Waals surface area contributed by atoms with Gasteiger partial charge in [0.25, 0.3) is 11.8 Å². The summed E-state index contributed by atoms with van der Waals surface area (Å²) in [6, 6.07) is 14.2. The normalized spacial score (nSPS) is 10.2. The van der Waals surface area contributed by atoms with E-state index in [4.69, 9.17) is 0 Å². The molecule has 120 valence electrons. The predicted octanol–water partition coefficient (Wildman–Crippen LogP) is 2.89. The highest BCUT2D eigenvalue weighted by atomic mass is 16.2. The second-order valence-electron chi connectivity index (χ2n) is 5.22. The van der Waals surface area contributed by atoms with Gasteiger partial charge in [-0.25, -0.2) is 4.98 Å². The molecule has 0 saturated heterocycles. The number of pyridine rings is 1. The molecular weight excluding hydrogens is 290 g/mol. The van der Waals surface area contributed by atoms with Crippen molar-refractivity contribution in [2.45, 2.75) is 19.8 Å². The van der Waals surface area contributed by atoms with Crippen LogP contribution in [0.1, 0.15) is 40.7 Å². The number of amides is 2. The van der Waals surface area contributed by atoms with E-state index >= 15 is 0 Å². The fourth-order valence-corrected chi connectivity index (χ4v) is 2.09. The van der Waals surface area contributed by atoms with Crippen molar-refractivity contribution in [1.82, 2.24) is 10.3 Å². The summed E-state index contributed by atoms with van der Waals surface area (Å²) in [5, 5.41) is 2.80. The molecule has 1 aromatic carbocycles. The van der Waals surface area contributed by atoms with Crippen molar-refractivity contribution in [2.75, 3.05) is 18.5 Å². The Bertz CT molecular complexity index is 671. The van der Waals surface area contributed by atoms with Crippen LogP contribution in [0.4, 0.5) is 5.69 Å². The Hall–Kier alpha value is -2.69. The molecule has 0 aliphatic carbocycles. The number of nitrogens with zero attached hydrogens (tertiary/aromatic N) is 2. The predicted molar refractivity (Wildman–Crippen MR) is 90.7 cm³/mol. The number of carbonyl (C=O) groups is 2. The lowest BCUT2D eigenvalue weighted by Crippen LogP contribution is -2.29. The summed E-state index contributed by atoms with van der Waals surface area (Å²) in [6.07, 6.45) is 1.93. The smallest absolute Gasteiger partial charge is 0.276 e. The van der Waals surface area contributed by atoms with Crippen molar-refractivity contribution < 1.29 is 9.59 Å². The van der Waals surface area contributed by atoms with Gasteiger partial charge in [-0.1, -0.05) is 37.6 Å². The number of unbranched alkanes of at least 4 members (excludes halogenated alkanes) is 1. The molecule has 0 bridgehead atoms. The van der Waals surface area contributed by atoms with Crippen LogP contribution < -0.4 is 10.2 Å². The summed E-state index contributed by atoms with van der Waals surface area (Å²) >= 11 is 0. The van der Waals surface area contributed by atoms with Gasteiger partial charge in [0, 0.05) is 19.3 Å². The molecule has 0 radical (unpaired) electrons. The van der Waals surface area contributed by atoms with Crippen molar-refractivity contribution in [1.29, 1.82) is 0 Å². The maximum atomic E-state index is 12.5. The summed E-state index contributed by atoms with van der Waals surface area (Å²) in [7, 11) is 1.69. The lowest BCUT2D eigenvalue weighted by molar-refractivity contribution is 0.0947. The van der Waals surface area contributed by atoms with Gasteiger partial charge in [-0.05, 0) is 30.7 Å². The molecule has 5 nitrogen and oxygen atoms in total. The number of anilines is 1. The Morgan fingerprint density at radius 2 is 1.74 bits per heavy atom. The third-order valence-corrected chi connectivity index (χ3v) is 3.46. The van der Waals surface area contributed by atoms with Crippen LogP contribution in [-0.2, 0) is 0 Å². The van der Waals surface area contributed by atoms with E-state index in [9.17, 15) is 9.59 Å². The van der Waals surface area contributed by atoms with Crippen molar-refractivity contribution in [2.24, 2.45) is 0 Å². The van der Waals surface area contributed by atoms with Crippen molar-refractivity contribution in [3.05, 3.63) is 59.9 Å². The minimum atomic E-state index is -0.254. The zero-order valence-corrected chi connectivity index (χ0v) is 13.5. The topological polar surface area (TPSA) is 62.3 Å². The van der Waals surface area contributed by atoms with Crippen LogP contribution in [0, 0.1) is 0 Å². The van der Waals surface area contributed by atoms with E-state index < -0.39 is 0 Å². The summed E-state index contributed by atoms with van der Waals surface area (Å²) in [4.78, 5) is 30.3. The quantitative estimate of drug-likeness (QED) is 0.834. The minimum Gasteiger partial charge on any atom is -0.351 e. The Kier molecular flexibility index (Phi) is 5.86. The molecule has 0 aliphatic rings. The molecule has 2 aromatic rings. The Labute approximate surface area is 136 Å². The number of aromatic nitrogens is 1. The SMILES string of the molecule is CCCCNC(=O)c1cccc(C(=O)N(C)c2ccccc2)n1.